The molecular weight excluding hydrogens is 484 g/mol. The predicted octanol–water partition coefficient (Wildman–Crippen LogP) is 5.33. The monoisotopic (exact) mass is 520 g/mol. The Morgan fingerprint density at radius 3 is 2.38 bits per heavy atom. The van der Waals surface area contributed by atoms with Gasteiger partial charge in [0.15, 0.2) is 0 Å². The average Bonchev–Trinajstić information content (AvgIpc) is 2.91. The third-order valence-electron chi connectivity index (χ3n) is 7.00. The molecular formula is C30H36N2O4S. The topological polar surface area (TPSA) is 75.7 Å². The molecule has 1 fully saturated rings. The summed E-state index contributed by atoms with van der Waals surface area (Å²) in [6, 6.07) is 20.8. The van der Waals surface area contributed by atoms with Crippen LogP contribution >= 0.6 is 0 Å². The number of ether oxygens (including phenoxy) is 1. The van der Waals surface area contributed by atoms with E-state index in [1.54, 1.807) is 29.6 Å². The highest BCUT2D eigenvalue weighted by Gasteiger charge is 2.27. The van der Waals surface area contributed by atoms with Crippen molar-refractivity contribution in [2.24, 2.45) is 0 Å². The fraction of sp³-hybridized carbons (Fsp3) is 0.367. The minimum Gasteiger partial charge on any atom is -0.496 e. The zero-order chi connectivity index (χ0) is 26.4. The van der Waals surface area contributed by atoms with E-state index >= 15 is 0 Å². The van der Waals surface area contributed by atoms with Crippen LogP contribution in [0.15, 0.2) is 71.6 Å². The Labute approximate surface area is 220 Å². The van der Waals surface area contributed by atoms with Crippen molar-refractivity contribution in [1.29, 1.82) is 0 Å². The van der Waals surface area contributed by atoms with Crippen LogP contribution < -0.4 is 10.1 Å². The molecule has 0 aliphatic carbocycles. The Morgan fingerprint density at radius 1 is 0.973 bits per heavy atom. The number of hydrogen-bond donors (Lipinski definition) is 1. The first-order valence-electron chi connectivity index (χ1n) is 12.9. The summed E-state index contributed by atoms with van der Waals surface area (Å²) in [5.74, 6) is 0.472. The molecule has 0 radical (unpaired) electrons. The molecule has 0 aromatic heterocycles. The maximum atomic E-state index is 13.2. The van der Waals surface area contributed by atoms with E-state index in [9.17, 15) is 13.2 Å². The van der Waals surface area contributed by atoms with Gasteiger partial charge in [-0.15, -0.1) is 0 Å². The second-order valence-corrected chi connectivity index (χ2v) is 11.6. The number of nitrogens with one attached hydrogen (secondary N) is 1. The van der Waals surface area contributed by atoms with Crippen LogP contribution in [0.5, 0.6) is 5.75 Å². The minimum atomic E-state index is -3.57. The largest absolute Gasteiger partial charge is 0.496 e. The van der Waals surface area contributed by atoms with Gasteiger partial charge in [0.1, 0.15) is 5.75 Å². The van der Waals surface area contributed by atoms with E-state index in [0.717, 1.165) is 36.0 Å². The Bertz CT molecular complexity index is 1330. The zero-order valence-electron chi connectivity index (χ0n) is 21.9. The van der Waals surface area contributed by atoms with Crippen LogP contribution in [0.3, 0.4) is 0 Å². The summed E-state index contributed by atoms with van der Waals surface area (Å²) in [6.45, 7) is 5.21. The van der Waals surface area contributed by atoms with Crippen molar-refractivity contribution in [3.05, 3.63) is 94.5 Å². The lowest BCUT2D eigenvalue weighted by Crippen LogP contribution is -2.35. The Morgan fingerprint density at radius 2 is 1.70 bits per heavy atom. The highest BCUT2D eigenvalue weighted by atomic mass is 32.2. The summed E-state index contributed by atoms with van der Waals surface area (Å²) < 4.78 is 33.5. The van der Waals surface area contributed by atoms with E-state index in [-0.39, 0.29) is 23.3 Å². The van der Waals surface area contributed by atoms with Crippen molar-refractivity contribution in [3.8, 4) is 5.75 Å². The van der Waals surface area contributed by atoms with Crippen LogP contribution in [0.1, 0.15) is 59.5 Å². The van der Waals surface area contributed by atoms with Crippen molar-refractivity contribution in [2.75, 3.05) is 20.2 Å². The lowest BCUT2D eigenvalue weighted by Gasteiger charge is -2.26. The molecule has 37 heavy (non-hydrogen) atoms. The molecule has 0 spiro atoms. The smallest absolute Gasteiger partial charge is 0.243 e. The number of methoxy groups -OCH3 is 1. The van der Waals surface area contributed by atoms with E-state index in [2.05, 4.69) is 37.4 Å². The Kier molecular flexibility index (Phi) is 8.67. The van der Waals surface area contributed by atoms with Gasteiger partial charge in [-0.3, -0.25) is 4.79 Å². The van der Waals surface area contributed by atoms with Crippen molar-refractivity contribution in [3.63, 3.8) is 0 Å². The zero-order valence-corrected chi connectivity index (χ0v) is 22.7. The SMILES string of the molecule is COc1ccc(S(=O)(=O)N2CCCCC2)cc1CCC(=O)N[C@@H](c1ccccc1)c1ccc(C)cc1C. The van der Waals surface area contributed by atoms with Crippen LogP contribution in [0.4, 0.5) is 0 Å². The van der Waals surface area contributed by atoms with Gasteiger partial charge in [-0.05, 0) is 73.6 Å². The first kappa shape index (κ1) is 26.9. The third-order valence-corrected chi connectivity index (χ3v) is 8.90. The van der Waals surface area contributed by atoms with Gasteiger partial charge in [0.2, 0.25) is 15.9 Å². The van der Waals surface area contributed by atoms with Crippen molar-refractivity contribution >= 4 is 15.9 Å². The van der Waals surface area contributed by atoms with Crippen LogP contribution in [0.2, 0.25) is 0 Å². The lowest BCUT2D eigenvalue weighted by molar-refractivity contribution is -0.121. The molecule has 3 aromatic carbocycles. The number of rotatable bonds is 9. The maximum Gasteiger partial charge on any atom is 0.243 e. The van der Waals surface area contributed by atoms with Crippen molar-refractivity contribution in [2.45, 2.75) is 56.9 Å². The molecule has 4 rings (SSSR count). The number of carbonyl (C=O) groups is 1. The summed E-state index contributed by atoms with van der Waals surface area (Å²) in [7, 11) is -2.01. The molecule has 1 heterocycles. The Hall–Kier alpha value is -3.16. The first-order chi connectivity index (χ1) is 17.8. The van der Waals surface area contributed by atoms with Gasteiger partial charge in [-0.2, -0.15) is 4.31 Å². The van der Waals surface area contributed by atoms with Gasteiger partial charge in [-0.1, -0.05) is 60.5 Å². The first-order valence-corrected chi connectivity index (χ1v) is 14.3. The molecule has 1 saturated heterocycles. The molecule has 1 aliphatic heterocycles. The normalized spacial score (nSPS) is 15.2. The van der Waals surface area contributed by atoms with Gasteiger partial charge in [-0.25, -0.2) is 8.42 Å². The molecule has 0 saturated carbocycles. The van der Waals surface area contributed by atoms with E-state index in [1.807, 2.05) is 30.3 Å². The second-order valence-electron chi connectivity index (χ2n) is 9.71. The van der Waals surface area contributed by atoms with Crippen molar-refractivity contribution in [1.82, 2.24) is 9.62 Å². The Balaban J connectivity index is 1.53. The van der Waals surface area contributed by atoms with E-state index in [1.165, 1.54) is 5.56 Å². The number of piperidine rings is 1. The summed E-state index contributed by atoms with van der Waals surface area (Å²) in [5, 5.41) is 3.21. The fourth-order valence-electron chi connectivity index (χ4n) is 4.98. The lowest BCUT2D eigenvalue weighted by atomic mass is 9.93. The highest BCUT2D eigenvalue weighted by Crippen LogP contribution is 2.29. The summed E-state index contributed by atoms with van der Waals surface area (Å²) in [6.07, 6.45) is 3.39. The molecule has 196 valence electrons. The third kappa shape index (κ3) is 6.40. The van der Waals surface area contributed by atoms with Gasteiger partial charge < -0.3 is 10.1 Å². The average molecular weight is 521 g/mol. The van der Waals surface area contributed by atoms with Crippen molar-refractivity contribution < 1.29 is 17.9 Å². The van der Waals surface area contributed by atoms with Crippen LogP contribution in [-0.2, 0) is 21.2 Å². The number of carbonyl (C=O) groups excluding carboxylic acids is 1. The highest BCUT2D eigenvalue weighted by molar-refractivity contribution is 7.89. The summed E-state index contributed by atoms with van der Waals surface area (Å²) in [5.41, 5.74) is 5.06. The molecule has 0 unspecified atom stereocenters. The fourth-order valence-corrected chi connectivity index (χ4v) is 6.55. The van der Waals surface area contributed by atoms with E-state index in [0.29, 0.717) is 30.8 Å². The molecule has 7 heteroatoms. The molecule has 1 aliphatic rings. The number of aryl methyl sites for hydroxylation is 3. The number of benzene rings is 3. The molecule has 1 amide bonds. The van der Waals surface area contributed by atoms with E-state index in [4.69, 9.17) is 4.74 Å². The number of nitrogens with zero attached hydrogens (tertiary/aromatic N) is 1. The molecule has 1 N–H and O–H groups in total. The standard InChI is InChI=1S/C30H36N2O4S/c1-22-12-15-27(23(2)20-22)30(24-10-6-4-7-11-24)31-29(33)17-13-25-21-26(14-16-28(25)36-3)37(34,35)32-18-8-5-9-19-32/h4,6-7,10-12,14-16,20-21,30H,5,8-9,13,17-19H2,1-3H3,(H,31,33)/t30-/m0/s1. The van der Waals surface area contributed by atoms with Gasteiger partial charge in [0.05, 0.1) is 18.0 Å². The summed E-state index contributed by atoms with van der Waals surface area (Å²) >= 11 is 0. The van der Waals surface area contributed by atoms with Crippen LogP contribution in [0.25, 0.3) is 0 Å². The van der Waals surface area contributed by atoms with Gasteiger partial charge in [0.25, 0.3) is 0 Å². The van der Waals surface area contributed by atoms with E-state index < -0.39 is 10.0 Å². The minimum absolute atomic E-state index is 0.111. The summed E-state index contributed by atoms with van der Waals surface area (Å²) in [4.78, 5) is 13.5. The quantitative estimate of drug-likeness (QED) is 0.414. The number of amides is 1. The van der Waals surface area contributed by atoms with Gasteiger partial charge in [0, 0.05) is 19.5 Å². The van der Waals surface area contributed by atoms with Crippen LogP contribution in [0, 0.1) is 13.8 Å². The predicted molar refractivity (Wildman–Crippen MR) is 146 cm³/mol. The second kappa shape index (κ2) is 11.9. The molecule has 6 nitrogen and oxygen atoms in total. The molecule has 0 bridgehead atoms. The van der Waals surface area contributed by atoms with Gasteiger partial charge >= 0.3 is 0 Å². The molecule has 1 atom stereocenters. The number of hydrogen-bond acceptors (Lipinski definition) is 4. The molecule has 3 aromatic rings. The van der Waals surface area contributed by atoms with Crippen LogP contribution in [-0.4, -0.2) is 38.8 Å². The number of sulfonamides is 1. The maximum absolute atomic E-state index is 13.2.